The van der Waals surface area contributed by atoms with Gasteiger partial charge in [-0.05, 0) is 94.6 Å². The van der Waals surface area contributed by atoms with Crippen molar-refractivity contribution in [3.8, 4) is 45.4 Å². The Kier molecular flexibility index (Phi) is 6.82. The Labute approximate surface area is 311 Å². The zero-order chi connectivity index (χ0) is 35.6. The van der Waals surface area contributed by atoms with Gasteiger partial charge in [0.1, 0.15) is 5.69 Å². The van der Waals surface area contributed by atoms with E-state index in [1.54, 1.807) is 0 Å². The molecule has 0 bridgehead atoms. The van der Waals surface area contributed by atoms with Gasteiger partial charge in [0.25, 0.3) is 0 Å². The number of nitrogens with zero attached hydrogens (tertiary/aromatic N) is 4. The van der Waals surface area contributed by atoms with Crippen molar-refractivity contribution in [3.63, 3.8) is 0 Å². The predicted octanol–water partition coefficient (Wildman–Crippen LogP) is 12.9. The van der Waals surface area contributed by atoms with Crippen LogP contribution in [-0.4, -0.2) is 19.9 Å². The molecule has 2 aromatic heterocycles. The van der Waals surface area contributed by atoms with Gasteiger partial charge in [0.15, 0.2) is 17.5 Å². The van der Waals surface area contributed by atoms with Gasteiger partial charge in [-0.3, -0.25) is 4.98 Å². The highest BCUT2D eigenvalue weighted by Crippen LogP contribution is 2.38. The van der Waals surface area contributed by atoms with Gasteiger partial charge in [0, 0.05) is 22.7 Å². The monoisotopic (exact) mass is 686 g/mol. The van der Waals surface area contributed by atoms with Crippen molar-refractivity contribution in [2.75, 3.05) is 0 Å². The summed E-state index contributed by atoms with van der Waals surface area (Å²) in [6.07, 6.45) is 1.85. The maximum atomic E-state index is 5.09. The lowest BCUT2D eigenvalue weighted by Crippen LogP contribution is -2.01. The molecule has 0 aliphatic carbocycles. The minimum Gasteiger partial charge on any atom is -0.252 e. The van der Waals surface area contributed by atoms with Crippen molar-refractivity contribution >= 4 is 64.6 Å². The van der Waals surface area contributed by atoms with E-state index in [1.165, 1.54) is 54.2 Å². The molecule has 0 saturated heterocycles. The molecule has 54 heavy (non-hydrogen) atoms. The van der Waals surface area contributed by atoms with Crippen molar-refractivity contribution < 1.29 is 0 Å². The number of hydrogen-bond donors (Lipinski definition) is 0. The molecule has 4 nitrogen and oxygen atoms in total. The fourth-order valence-corrected chi connectivity index (χ4v) is 8.09. The van der Waals surface area contributed by atoms with E-state index < -0.39 is 0 Å². The van der Waals surface area contributed by atoms with E-state index in [2.05, 4.69) is 146 Å². The third kappa shape index (κ3) is 4.92. The van der Waals surface area contributed by atoms with Crippen LogP contribution in [0.2, 0.25) is 0 Å². The summed E-state index contributed by atoms with van der Waals surface area (Å²) in [5.41, 5.74) is 4.96. The second-order valence-electron chi connectivity index (χ2n) is 13.8. The summed E-state index contributed by atoms with van der Waals surface area (Å²) in [5, 5.41) is 14.4. The summed E-state index contributed by atoms with van der Waals surface area (Å²) in [5.74, 6) is 1.77. The molecular weight excluding hydrogens is 657 g/mol. The minimum atomic E-state index is 0.548. The van der Waals surface area contributed by atoms with Crippen LogP contribution < -0.4 is 0 Å². The van der Waals surface area contributed by atoms with Crippen LogP contribution in [0.15, 0.2) is 182 Å². The van der Waals surface area contributed by atoms with Gasteiger partial charge in [-0.25, -0.2) is 15.0 Å². The molecule has 11 aromatic rings. The molecule has 0 N–H and O–H groups in total. The SMILES string of the molecule is c1ccc(-c2nc(-c3ccc4cc(-c5ccc6c7ccccc7c7ccccc7c6c5)ccc4c3)nc(-c3nccc4c3ccc3ccccc34)n2)cc1. The first-order valence-electron chi connectivity index (χ1n) is 18.2. The van der Waals surface area contributed by atoms with E-state index in [4.69, 9.17) is 19.9 Å². The van der Waals surface area contributed by atoms with Crippen LogP contribution in [0.1, 0.15) is 0 Å². The molecule has 0 unspecified atom stereocenters. The molecule has 0 fully saturated rings. The largest absolute Gasteiger partial charge is 0.252 e. The summed E-state index contributed by atoms with van der Waals surface area (Å²) in [6.45, 7) is 0. The molecule has 0 radical (unpaired) electrons. The first kappa shape index (κ1) is 30.3. The van der Waals surface area contributed by atoms with Crippen LogP contribution >= 0.6 is 0 Å². The normalized spacial score (nSPS) is 11.7. The minimum absolute atomic E-state index is 0.548. The summed E-state index contributed by atoms with van der Waals surface area (Å²) in [6, 6.07) is 62.4. The summed E-state index contributed by atoms with van der Waals surface area (Å²) < 4.78 is 0. The van der Waals surface area contributed by atoms with Gasteiger partial charge in [-0.1, -0.05) is 152 Å². The number of hydrogen-bond acceptors (Lipinski definition) is 4. The number of benzene rings is 9. The van der Waals surface area contributed by atoms with Gasteiger partial charge in [-0.15, -0.1) is 0 Å². The number of aromatic nitrogens is 4. The van der Waals surface area contributed by atoms with Crippen LogP contribution in [0, 0.1) is 0 Å². The number of rotatable bonds is 4. The molecule has 0 saturated carbocycles. The Morgan fingerprint density at radius 3 is 1.48 bits per heavy atom. The highest BCUT2D eigenvalue weighted by atomic mass is 15.0. The molecule has 0 atom stereocenters. The van der Waals surface area contributed by atoms with E-state index in [-0.39, 0.29) is 0 Å². The maximum Gasteiger partial charge on any atom is 0.183 e. The van der Waals surface area contributed by atoms with Gasteiger partial charge in [0.2, 0.25) is 0 Å². The quantitative estimate of drug-likeness (QED) is 0.173. The lowest BCUT2D eigenvalue weighted by atomic mass is 9.91. The fraction of sp³-hybridized carbons (Fsp3) is 0. The second kappa shape index (κ2) is 12.1. The Balaban J connectivity index is 1.03. The van der Waals surface area contributed by atoms with Crippen LogP contribution in [-0.2, 0) is 0 Å². The average molecular weight is 687 g/mol. The molecular formula is C50H30N4. The Morgan fingerprint density at radius 2 is 0.741 bits per heavy atom. The average Bonchev–Trinajstić information content (AvgIpc) is 3.26. The van der Waals surface area contributed by atoms with E-state index in [0.717, 1.165) is 38.4 Å². The van der Waals surface area contributed by atoms with Crippen LogP contribution in [0.5, 0.6) is 0 Å². The molecule has 0 spiro atoms. The lowest BCUT2D eigenvalue weighted by Gasteiger charge is -2.13. The first-order valence-corrected chi connectivity index (χ1v) is 18.2. The Hall–Kier alpha value is -7.30. The van der Waals surface area contributed by atoms with Gasteiger partial charge < -0.3 is 0 Å². The van der Waals surface area contributed by atoms with E-state index in [0.29, 0.717) is 17.5 Å². The molecule has 250 valence electrons. The summed E-state index contributed by atoms with van der Waals surface area (Å²) in [7, 11) is 0. The fourth-order valence-electron chi connectivity index (χ4n) is 8.09. The molecule has 0 amide bonds. The third-order valence-corrected chi connectivity index (χ3v) is 10.7. The van der Waals surface area contributed by atoms with E-state index >= 15 is 0 Å². The topological polar surface area (TPSA) is 51.6 Å². The van der Waals surface area contributed by atoms with Crippen molar-refractivity contribution in [2.24, 2.45) is 0 Å². The Bertz CT molecular complexity index is 3240. The number of pyridine rings is 1. The third-order valence-electron chi connectivity index (χ3n) is 10.7. The van der Waals surface area contributed by atoms with Crippen molar-refractivity contribution in [3.05, 3.63) is 182 Å². The smallest absolute Gasteiger partial charge is 0.183 e. The standard InChI is InChI=1S/C50H30N4/c1-2-11-32(12-3-1)48-52-49(54-50(53-48)47-45-25-22-31-10-4-5-13-38(31)44(45)26-27-51-47)37-21-20-33-28-34(18-19-35(33)29-37)36-23-24-43-41-16-7-6-14-39(41)40-15-8-9-17-42(40)46(43)30-36/h1-30H. The van der Waals surface area contributed by atoms with E-state index in [1.807, 2.05) is 36.5 Å². The Morgan fingerprint density at radius 1 is 0.259 bits per heavy atom. The lowest BCUT2D eigenvalue weighted by molar-refractivity contribution is 1.06. The van der Waals surface area contributed by atoms with Crippen LogP contribution in [0.3, 0.4) is 0 Å². The van der Waals surface area contributed by atoms with Crippen molar-refractivity contribution in [1.82, 2.24) is 19.9 Å². The maximum absolute atomic E-state index is 5.09. The van der Waals surface area contributed by atoms with Gasteiger partial charge in [0.05, 0.1) is 0 Å². The molecule has 2 heterocycles. The summed E-state index contributed by atoms with van der Waals surface area (Å²) >= 11 is 0. The van der Waals surface area contributed by atoms with Crippen LogP contribution in [0.4, 0.5) is 0 Å². The highest BCUT2D eigenvalue weighted by Gasteiger charge is 2.17. The number of fused-ring (bicyclic) bond motifs is 10. The zero-order valence-electron chi connectivity index (χ0n) is 29.1. The molecule has 11 rings (SSSR count). The predicted molar refractivity (Wildman–Crippen MR) is 224 cm³/mol. The van der Waals surface area contributed by atoms with Crippen molar-refractivity contribution in [2.45, 2.75) is 0 Å². The van der Waals surface area contributed by atoms with E-state index in [9.17, 15) is 0 Å². The molecule has 4 heteroatoms. The van der Waals surface area contributed by atoms with Gasteiger partial charge in [-0.2, -0.15) is 0 Å². The molecule has 9 aromatic carbocycles. The van der Waals surface area contributed by atoms with Crippen LogP contribution in [0.25, 0.3) is 110 Å². The summed E-state index contributed by atoms with van der Waals surface area (Å²) in [4.78, 5) is 20.0. The molecule has 0 aliphatic rings. The van der Waals surface area contributed by atoms with Gasteiger partial charge >= 0.3 is 0 Å². The second-order valence-corrected chi connectivity index (χ2v) is 13.8. The zero-order valence-corrected chi connectivity index (χ0v) is 29.1. The first-order chi connectivity index (χ1) is 26.7. The highest BCUT2D eigenvalue weighted by molar-refractivity contribution is 6.25. The van der Waals surface area contributed by atoms with Crippen molar-refractivity contribution in [1.29, 1.82) is 0 Å². The molecule has 0 aliphatic heterocycles.